The number of nitrogens with zero attached hydrogens (tertiary/aromatic N) is 2. The van der Waals surface area contributed by atoms with Crippen LogP contribution in [-0.4, -0.2) is 76.8 Å². The number of carbonyl (C=O) groups is 1. The first-order chi connectivity index (χ1) is 29.4. The molecule has 2 aromatic rings. The largest absolute Gasteiger partial charge is 0.508 e. The number of phenols is 1. The molecule has 1 fully saturated rings. The SMILES string of the molecule is C=CCOC12Oc3ccc(O)cc3C3C(CCCCO)C(CCCCO)C=C(C(=NOCc4ccccc4)CC1N(CCC)C(=O)OCCCCCCCCCCCC)C32. The van der Waals surface area contributed by atoms with Gasteiger partial charge in [-0.25, -0.2) is 4.79 Å². The Balaban J connectivity index is 1.54. The maximum atomic E-state index is 14.5. The molecule has 6 unspecified atom stereocenters. The van der Waals surface area contributed by atoms with Gasteiger partial charge in [0.05, 0.1) is 24.8 Å². The lowest BCUT2D eigenvalue weighted by atomic mass is 9.55. The average molecular weight is 831 g/mol. The zero-order chi connectivity index (χ0) is 42.6. The van der Waals surface area contributed by atoms with E-state index in [4.69, 9.17) is 24.2 Å². The van der Waals surface area contributed by atoms with Crippen molar-refractivity contribution in [1.29, 1.82) is 0 Å². The Morgan fingerprint density at radius 2 is 1.60 bits per heavy atom. The Hall–Kier alpha value is -3.86. The molecule has 0 saturated heterocycles. The Kier molecular flexibility index (Phi) is 19.8. The third kappa shape index (κ3) is 12.4. The van der Waals surface area contributed by atoms with Crippen molar-refractivity contribution in [3.63, 3.8) is 0 Å². The van der Waals surface area contributed by atoms with E-state index in [9.17, 15) is 20.1 Å². The highest BCUT2D eigenvalue weighted by Gasteiger charge is 2.65. The minimum Gasteiger partial charge on any atom is -0.508 e. The number of fused-ring (bicyclic) bond motifs is 2. The molecular formula is C50H74N2O8. The number of unbranched alkanes of at least 4 members (excludes halogenated alkanes) is 11. The van der Waals surface area contributed by atoms with E-state index in [1.165, 1.54) is 44.9 Å². The molecule has 10 heteroatoms. The number of aliphatic hydroxyl groups excluding tert-OH is 2. The van der Waals surface area contributed by atoms with Crippen molar-refractivity contribution in [2.45, 2.75) is 154 Å². The zero-order valence-corrected chi connectivity index (χ0v) is 36.6. The summed E-state index contributed by atoms with van der Waals surface area (Å²) < 4.78 is 20.3. The molecule has 1 saturated carbocycles. The molecule has 1 aliphatic heterocycles. The van der Waals surface area contributed by atoms with Crippen LogP contribution < -0.4 is 4.74 Å². The van der Waals surface area contributed by atoms with E-state index in [0.29, 0.717) is 44.6 Å². The standard InChI is InChI=1S/C50H74N2O8/c1-4-7-8-9-10-11-12-13-14-22-33-57-49(56)52(29-5-2)46-36-44(51-59-37-38-23-16-15-17-24-38)42-34-39(25-18-20-30-53)41(26-19-21-31-54)47-43-35-40(55)27-28-45(43)60-50(46,48(42)47)58-32-6-3/h6,15-17,23-24,27-28,34-35,39,41,46-48,53-55H,3-5,7-14,18-22,25-26,29-33,36-37H2,1-2H3. The van der Waals surface area contributed by atoms with Crippen LogP contribution in [0.5, 0.6) is 11.5 Å². The van der Waals surface area contributed by atoms with Gasteiger partial charge in [0.1, 0.15) is 24.1 Å². The molecule has 60 heavy (non-hydrogen) atoms. The number of hydrogen-bond acceptors (Lipinski definition) is 9. The second-order valence-electron chi connectivity index (χ2n) is 17.0. The first-order valence-electron chi connectivity index (χ1n) is 23.3. The highest BCUT2D eigenvalue weighted by molar-refractivity contribution is 6.03. The van der Waals surface area contributed by atoms with E-state index < -0.39 is 23.8 Å². The van der Waals surface area contributed by atoms with Crippen molar-refractivity contribution in [1.82, 2.24) is 4.90 Å². The Bertz CT molecular complexity index is 1650. The van der Waals surface area contributed by atoms with Gasteiger partial charge in [-0.15, -0.1) is 6.58 Å². The van der Waals surface area contributed by atoms with Crippen LogP contribution in [-0.2, 0) is 20.9 Å². The lowest BCUT2D eigenvalue weighted by molar-refractivity contribution is -0.255. The number of rotatable bonds is 28. The molecule has 2 aliphatic carbocycles. The van der Waals surface area contributed by atoms with Crippen molar-refractivity contribution < 1.29 is 39.2 Å². The summed E-state index contributed by atoms with van der Waals surface area (Å²) in [5.41, 5.74) is 3.58. The predicted molar refractivity (Wildman–Crippen MR) is 238 cm³/mol. The van der Waals surface area contributed by atoms with Crippen LogP contribution in [0, 0.1) is 17.8 Å². The number of aromatic hydroxyl groups is 1. The minimum absolute atomic E-state index is 0.0771. The number of ether oxygens (including phenoxy) is 3. The summed E-state index contributed by atoms with van der Waals surface area (Å²) in [7, 11) is 0. The molecule has 0 aromatic heterocycles. The summed E-state index contributed by atoms with van der Waals surface area (Å²) >= 11 is 0. The maximum absolute atomic E-state index is 14.5. The van der Waals surface area contributed by atoms with E-state index in [-0.39, 0.29) is 49.9 Å². The lowest BCUT2D eigenvalue weighted by Crippen LogP contribution is -2.70. The fourth-order valence-electron chi connectivity index (χ4n) is 9.86. The third-order valence-electron chi connectivity index (χ3n) is 12.7. The quantitative estimate of drug-likeness (QED) is 0.0439. The minimum atomic E-state index is -1.36. The van der Waals surface area contributed by atoms with Gasteiger partial charge in [0.15, 0.2) is 0 Å². The number of allylic oxidation sites excluding steroid dienone is 1. The molecule has 6 atom stereocenters. The van der Waals surface area contributed by atoms with Gasteiger partial charge in [-0.2, -0.15) is 0 Å². The van der Waals surface area contributed by atoms with Crippen molar-refractivity contribution >= 4 is 11.8 Å². The average Bonchev–Trinajstić information content (AvgIpc) is 3.26. The second kappa shape index (κ2) is 25.2. The molecule has 0 bridgehead atoms. The number of aliphatic hydroxyl groups is 2. The van der Waals surface area contributed by atoms with Gasteiger partial charge >= 0.3 is 6.09 Å². The van der Waals surface area contributed by atoms with E-state index in [0.717, 1.165) is 67.4 Å². The van der Waals surface area contributed by atoms with Crippen LogP contribution in [0.25, 0.3) is 0 Å². The van der Waals surface area contributed by atoms with Crippen LogP contribution in [0.15, 0.2) is 78.0 Å². The second-order valence-corrected chi connectivity index (χ2v) is 17.0. The van der Waals surface area contributed by atoms with Gasteiger partial charge in [0.2, 0.25) is 5.79 Å². The van der Waals surface area contributed by atoms with Crippen LogP contribution in [0.4, 0.5) is 4.79 Å². The molecule has 0 spiro atoms. The number of oxime groups is 1. The lowest BCUT2D eigenvalue weighted by Gasteiger charge is -2.59. The molecule has 3 aliphatic rings. The fraction of sp³-hybridized carbons (Fsp3) is 0.640. The first-order valence-corrected chi connectivity index (χ1v) is 23.3. The number of hydrogen-bond donors (Lipinski definition) is 3. The maximum Gasteiger partial charge on any atom is 0.410 e. The summed E-state index contributed by atoms with van der Waals surface area (Å²) in [5.74, 6) is -1.05. The van der Waals surface area contributed by atoms with Crippen LogP contribution in [0.2, 0.25) is 0 Å². The van der Waals surface area contributed by atoms with E-state index >= 15 is 0 Å². The highest BCUT2D eigenvalue weighted by Crippen LogP contribution is 2.62. The molecule has 1 amide bonds. The summed E-state index contributed by atoms with van der Waals surface area (Å²) in [6.45, 7) is 9.78. The van der Waals surface area contributed by atoms with Crippen LogP contribution in [0.1, 0.15) is 146 Å². The fourth-order valence-corrected chi connectivity index (χ4v) is 9.86. The molecule has 0 radical (unpaired) electrons. The molecule has 3 N–H and O–H groups in total. The summed E-state index contributed by atoms with van der Waals surface area (Å²) in [6.07, 6.45) is 21.3. The molecule has 1 heterocycles. The molecule has 332 valence electrons. The number of phenolic OH excluding ortho intramolecular Hbond substituents is 1. The highest BCUT2D eigenvalue weighted by atomic mass is 16.7. The van der Waals surface area contributed by atoms with E-state index in [1.807, 2.05) is 42.5 Å². The van der Waals surface area contributed by atoms with Gasteiger partial charge in [-0.3, -0.25) is 4.90 Å². The van der Waals surface area contributed by atoms with E-state index in [1.54, 1.807) is 17.0 Å². The number of carbonyl (C=O) groups excluding carboxylic acids is 1. The van der Waals surface area contributed by atoms with Gasteiger partial charge in [-0.05, 0) is 79.7 Å². The first kappa shape index (κ1) is 47.2. The third-order valence-corrected chi connectivity index (χ3v) is 12.7. The Labute approximate surface area is 360 Å². The summed E-state index contributed by atoms with van der Waals surface area (Å²) in [4.78, 5) is 22.5. The van der Waals surface area contributed by atoms with Crippen LogP contribution in [0.3, 0.4) is 0 Å². The zero-order valence-electron chi connectivity index (χ0n) is 36.6. The van der Waals surface area contributed by atoms with Crippen molar-refractivity contribution in [2.24, 2.45) is 22.9 Å². The number of benzene rings is 2. The van der Waals surface area contributed by atoms with Gasteiger partial charge in [-0.1, -0.05) is 132 Å². The van der Waals surface area contributed by atoms with Gasteiger partial charge < -0.3 is 34.4 Å². The predicted octanol–water partition coefficient (Wildman–Crippen LogP) is 11.0. The van der Waals surface area contributed by atoms with E-state index in [2.05, 4.69) is 26.5 Å². The van der Waals surface area contributed by atoms with Gasteiger partial charge in [0, 0.05) is 37.7 Å². The van der Waals surface area contributed by atoms with Crippen molar-refractivity contribution in [3.8, 4) is 11.5 Å². The number of amides is 1. The molecule has 2 aromatic carbocycles. The van der Waals surface area contributed by atoms with Crippen molar-refractivity contribution in [2.75, 3.05) is 33.0 Å². The molecule has 5 rings (SSSR count). The monoisotopic (exact) mass is 831 g/mol. The topological polar surface area (TPSA) is 130 Å². The molecular weight excluding hydrogens is 757 g/mol. The normalized spacial score (nSPS) is 23.6. The summed E-state index contributed by atoms with van der Waals surface area (Å²) in [6, 6.07) is 14.6. The van der Waals surface area contributed by atoms with Crippen LogP contribution >= 0.6 is 0 Å². The molecule has 10 nitrogen and oxygen atoms in total. The Morgan fingerprint density at radius 1 is 0.900 bits per heavy atom. The van der Waals surface area contributed by atoms with Gasteiger partial charge in [0.25, 0.3) is 0 Å². The van der Waals surface area contributed by atoms with Crippen molar-refractivity contribution in [3.05, 3.63) is 84.0 Å². The summed E-state index contributed by atoms with van der Waals surface area (Å²) in [5, 5.41) is 35.6. The Morgan fingerprint density at radius 3 is 2.28 bits per heavy atom. The smallest absolute Gasteiger partial charge is 0.410 e.